The van der Waals surface area contributed by atoms with Gasteiger partial charge in [0, 0.05) is 18.7 Å². The third-order valence-electron chi connectivity index (χ3n) is 5.85. The average Bonchev–Trinajstić information content (AvgIpc) is 2.78. The molecule has 1 amide bonds. The molecule has 0 spiro atoms. The fourth-order valence-electron chi connectivity index (χ4n) is 4.22. The van der Waals surface area contributed by atoms with E-state index in [9.17, 15) is 4.79 Å². The molecule has 1 aromatic heterocycles. The van der Waals surface area contributed by atoms with Crippen molar-refractivity contribution in [2.45, 2.75) is 19.3 Å². The van der Waals surface area contributed by atoms with Crippen molar-refractivity contribution >= 4 is 28.0 Å². The average molecular weight is 381 g/mol. The highest BCUT2D eigenvalue weighted by atomic mass is 16.2. The highest BCUT2D eigenvalue weighted by molar-refractivity contribution is 5.98. The molecular formula is C25H23N3O. The zero-order chi connectivity index (χ0) is 19.6. The van der Waals surface area contributed by atoms with Crippen LogP contribution >= 0.6 is 0 Å². The second-order valence-electron chi connectivity index (χ2n) is 7.84. The van der Waals surface area contributed by atoms with E-state index in [1.165, 1.54) is 5.56 Å². The van der Waals surface area contributed by atoms with Crippen molar-refractivity contribution < 1.29 is 4.79 Å². The van der Waals surface area contributed by atoms with Gasteiger partial charge in [0.25, 0.3) is 5.91 Å². The van der Waals surface area contributed by atoms with E-state index in [4.69, 9.17) is 4.98 Å². The van der Waals surface area contributed by atoms with Gasteiger partial charge in [-0.1, -0.05) is 42.5 Å². The van der Waals surface area contributed by atoms with Gasteiger partial charge in [0.2, 0.25) is 0 Å². The zero-order valence-corrected chi connectivity index (χ0v) is 16.3. The molecule has 4 nitrogen and oxygen atoms in total. The topological polar surface area (TPSA) is 46.1 Å². The summed E-state index contributed by atoms with van der Waals surface area (Å²) in [7, 11) is 0. The molecule has 1 fully saturated rings. The highest BCUT2D eigenvalue weighted by Gasteiger charge is 2.24. The van der Waals surface area contributed by atoms with E-state index in [1.807, 2.05) is 47.4 Å². The Balaban J connectivity index is 1.30. The number of benzene rings is 3. The van der Waals surface area contributed by atoms with Crippen LogP contribution in [0.25, 0.3) is 22.1 Å². The summed E-state index contributed by atoms with van der Waals surface area (Å²) >= 11 is 0. The van der Waals surface area contributed by atoms with Crippen LogP contribution in [0.4, 0.5) is 0 Å². The highest BCUT2D eigenvalue weighted by Crippen LogP contribution is 2.24. The van der Waals surface area contributed by atoms with Crippen molar-refractivity contribution in [3.8, 4) is 0 Å². The van der Waals surface area contributed by atoms with Crippen molar-refractivity contribution in [1.29, 1.82) is 0 Å². The first kappa shape index (κ1) is 17.8. The molecule has 29 heavy (non-hydrogen) atoms. The summed E-state index contributed by atoms with van der Waals surface area (Å²) in [6, 6.07) is 24.1. The molecule has 1 aliphatic rings. The first-order chi connectivity index (χ1) is 14.3. The number of likely N-dealkylation sites (tertiary alicyclic amines) is 1. The first-order valence-corrected chi connectivity index (χ1v) is 10.3. The minimum absolute atomic E-state index is 0.0972. The number of nitrogens with zero attached hydrogens (tertiary/aromatic N) is 3. The Bertz CT molecular complexity index is 1160. The molecule has 0 aliphatic carbocycles. The number of hydrogen-bond acceptors (Lipinski definition) is 3. The molecule has 0 radical (unpaired) electrons. The van der Waals surface area contributed by atoms with Gasteiger partial charge in [0.1, 0.15) is 0 Å². The SMILES string of the molecule is O=C(c1ccc2nc3ccccc3nc2c1)N1CCC(Cc2ccccc2)CC1. The summed E-state index contributed by atoms with van der Waals surface area (Å²) in [5.74, 6) is 0.746. The van der Waals surface area contributed by atoms with E-state index in [0.717, 1.165) is 54.4 Å². The lowest BCUT2D eigenvalue weighted by molar-refractivity contribution is 0.0690. The standard InChI is InChI=1S/C25H23N3O/c29-25(28-14-12-19(13-15-28)16-18-6-2-1-3-7-18)20-10-11-23-24(17-20)27-22-9-5-4-8-21(22)26-23/h1-11,17,19H,12-16H2. The smallest absolute Gasteiger partial charge is 0.253 e. The largest absolute Gasteiger partial charge is 0.339 e. The molecule has 1 aliphatic heterocycles. The van der Waals surface area contributed by atoms with E-state index < -0.39 is 0 Å². The van der Waals surface area contributed by atoms with Crippen LogP contribution in [-0.2, 0) is 6.42 Å². The van der Waals surface area contributed by atoms with Gasteiger partial charge in [-0.25, -0.2) is 9.97 Å². The summed E-state index contributed by atoms with van der Waals surface area (Å²) in [5.41, 5.74) is 5.41. The van der Waals surface area contributed by atoms with Gasteiger partial charge in [-0.05, 0) is 61.1 Å². The maximum absolute atomic E-state index is 13.0. The number of piperidine rings is 1. The molecule has 4 heteroatoms. The monoisotopic (exact) mass is 381 g/mol. The van der Waals surface area contributed by atoms with Gasteiger partial charge >= 0.3 is 0 Å². The van der Waals surface area contributed by atoms with Gasteiger partial charge in [-0.15, -0.1) is 0 Å². The third-order valence-corrected chi connectivity index (χ3v) is 5.85. The second-order valence-corrected chi connectivity index (χ2v) is 7.84. The Labute approximate surface area is 170 Å². The summed E-state index contributed by atoms with van der Waals surface area (Å²) in [5, 5.41) is 0. The van der Waals surface area contributed by atoms with Crippen LogP contribution in [0.5, 0.6) is 0 Å². The third kappa shape index (κ3) is 3.70. The minimum atomic E-state index is 0.0972. The number of carbonyl (C=O) groups is 1. The van der Waals surface area contributed by atoms with Crippen molar-refractivity contribution in [3.05, 3.63) is 83.9 Å². The predicted octanol–water partition coefficient (Wildman–Crippen LogP) is 4.88. The Kier molecular flexibility index (Phi) is 4.68. The van der Waals surface area contributed by atoms with Gasteiger partial charge < -0.3 is 4.90 Å². The number of amides is 1. The summed E-state index contributed by atoms with van der Waals surface area (Å²) in [6.07, 6.45) is 3.21. The van der Waals surface area contributed by atoms with Crippen molar-refractivity contribution in [3.63, 3.8) is 0 Å². The van der Waals surface area contributed by atoms with E-state index in [1.54, 1.807) is 0 Å². The Morgan fingerprint density at radius 1 is 0.793 bits per heavy atom. The first-order valence-electron chi connectivity index (χ1n) is 10.3. The van der Waals surface area contributed by atoms with E-state index >= 15 is 0 Å². The molecule has 0 atom stereocenters. The maximum atomic E-state index is 13.0. The molecule has 3 aromatic carbocycles. The zero-order valence-electron chi connectivity index (χ0n) is 16.3. The molecule has 2 heterocycles. The van der Waals surface area contributed by atoms with Gasteiger partial charge in [-0.2, -0.15) is 0 Å². The van der Waals surface area contributed by atoms with Crippen LogP contribution in [0.2, 0.25) is 0 Å². The lowest BCUT2D eigenvalue weighted by atomic mass is 9.90. The number of fused-ring (bicyclic) bond motifs is 2. The van der Waals surface area contributed by atoms with Crippen LogP contribution in [0.15, 0.2) is 72.8 Å². The van der Waals surface area contributed by atoms with Crippen molar-refractivity contribution in [2.75, 3.05) is 13.1 Å². The number of hydrogen-bond donors (Lipinski definition) is 0. The lowest BCUT2D eigenvalue weighted by Gasteiger charge is -2.32. The molecule has 5 rings (SSSR count). The van der Waals surface area contributed by atoms with Gasteiger partial charge in [0.05, 0.1) is 22.1 Å². The maximum Gasteiger partial charge on any atom is 0.253 e. The second kappa shape index (κ2) is 7.63. The molecule has 0 saturated carbocycles. The van der Waals surface area contributed by atoms with Crippen LogP contribution in [-0.4, -0.2) is 33.9 Å². The van der Waals surface area contributed by atoms with E-state index in [-0.39, 0.29) is 5.91 Å². The molecule has 0 N–H and O–H groups in total. The lowest BCUT2D eigenvalue weighted by Crippen LogP contribution is -2.38. The summed E-state index contributed by atoms with van der Waals surface area (Å²) in [6.45, 7) is 1.63. The molecule has 0 unspecified atom stereocenters. The fraction of sp³-hybridized carbons (Fsp3) is 0.240. The summed E-state index contributed by atoms with van der Waals surface area (Å²) < 4.78 is 0. The number of aromatic nitrogens is 2. The Morgan fingerprint density at radius 2 is 1.41 bits per heavy atom. The van der Waals surface area contributed by atoms with Crippen LogP contribution in [0.3, 0.4) is 0 Å². The molecule has 0 bridgehead atoms. The van der Waals surface area contributed by atoms with Crippen molar-refractivity contribution in [1.82, 2.24) is 14.9 Å². The normalized spacial score (nSPS) is 15.1. The summed E-state index contributed by atoms with van der Waals surface area (Å²) in [4.78, 5) is 24.4. The fourth-order valence-corrected chi connectivity index (χ4v) is 4.22. The number of carbonyl (C=O) groups excluding carboxylic acids is 1. The van der Waals surface area contributed by atoms with Crippen LogP contribution in [0.1, 0.15) is 28.8 Å². The van der Waals surface area contributed by atoms with E-state index in [2.05, 4.69) is 35.3 Å². The molecule has 4 aromatic rings. The van der Waals surface area contributed by atoms with Crippen LogP contribution in [0, 0.1) is 5.92 Å². The predicted molar refractivity (Wildman–Crippen MR) is 116 cm³/mol. The van der Waals surface area contributed by atoms with Crippen LogP contribution < -0.4 is 0 Å². The molecular weight excluding hydrogens is 358 g/mol. The van der Waals surface area contributed by atoms with E-state index in [0.29, 0.717) is 11.5 Å². The minimum Gasteiger partial charge on any atom is -0.339 e. The Morgan fingerprint density at radius 3 is 2.14 bits per heavy atom. The molecule has 1 saturated heterocycles. The van der Waals surface area contributed by atoms with Gasteiger partial charge in [-0.3, -0.25) is 4.79 Å². The molecule has 144 valence electrons. The number of rotatable bonds is 3. The van der Waals surface area contributed by atoms with Crippen molar-refractivity contribution in [2.24, 2.45) is 5.92 Å². The Hall–Kier alpha value is -3.27. The number of para-hydroxylation sites is 2. The quantitative estimate of drug-likeness (QED) is 0.475. The van der Waals surface area contributed by atoms with Gasteiger partial charge in [0.15, 0.2) is 0 Å².